The quantitative estimate of drug-likeness (QED) is 0.577. The minimum Gasteiger partial charge on any atom is -0.481 e. The molecule has 0 saturated carbocycles. The van der Waals surface area contributed by atoms with Gasteiger partial charge in [-0.1, -0.05) is 0 Å². The number of benzene rings is 1. The van der Waals surface area contributed by atoms with Crippen LogP contribution in [0, 0.1) is 6.07 Å². The summed E-state index contributed by atoms with van der Waals surface area (Å²) in [5, 5.41) is 17.0. The average molecular weight is 376 g/mol. The summed E-state index contributed by atoms with van der Waals surface area (Å²) in [7, 11) is -0.921. The molecule has 2 aromatic rings. The molecule has 0 fully saturated rings. The standard InChI is InChI=1S/C11H8BN2O3.C2H4O2.Y/c15-12-10-5-9(2-1-8(10)7-16-12)17-11-6-13-3-4-14-11;1-2(3)4;/h1-4,6,15H,7H2;1H3,(H,3,4);/q-1;;. The fourth-order valence-electron chi connectivity index (χ4n) is 1.63. The molecule has 2 heterocycles. The van der Waals surface area contributed by atoms with Gasteiger partial charge in [-0.2, -0.15) is 6.07 Å². The van der Waals surface area contributed by atoms with E-state index in [0.717, 1.165) is 12.5 Å². The zero-order valence-electron chi connectivity index (χ0n) is 11.8. The first-order valence-corrected chi connectivity index (χ1v) is 6.04. The van der Waals surface area contributed by atoms with Gasteiger partial charge in [-0.3, -0.25) is 9.78 Å². The van der Waals surface area contributed by atoms with E-state index in [1.54, 1.807) is 18.5 Å². The predicted molar refractivity (Wildman–Crippen MR) is 73.1 cm³/mol. The molecule has 0 atom stereocenters. The maximum absolute atomic E-state index is 9.53. The zero-order valence-corrected chi connectivity index (χ0v) is 14.6. The Hall–Kier alpha value is -1.34. The molecule has 1 aliphatic heterocycles. The maximum Gasteiger partial charge on any atom is 0.464 e. The van der Waals surface area contributed by atoms with Crippen LogP contribution in [0.1, 0.15) is 12.5 Å². The third-order valence-electron chi connectivity index (χ3n) is 2.44. The van der Waals surface area contributed by atoms with Crippen molar-refractivity contribution in [2.45, 2.75) is 13.5 Å². The molecule has 0 amide bonds. The molecular formula is C13H12BN2O5Y-. The Morgan fingerprint density at radius 2 is 2.18 bits per heavy atom. The molecule has 0 unspecified atom stereocenters. The van der Waals surface area contributed by atoms with Crippen LogP contribution < -0.4 is 10.2 Å². The van der Waals surface area contributed by atoms with Crippen LogP contribution in [-0.4, -0.2) is 33.2 Å². The van der Waals surface area contributed by atoms with Crippen molar-refractivity contribution in [2.75, 3.05) is 0 Å². The molecule has 0 saturated heterocycles. The molecule has 2 N–H and O–H groups in total. The van der Waals surface area contributed by atoms with Crippen LogP contribution in [-0.2, 0) is 48.8 Å². The van der Waals surface area contributed by atoms with Crippen LogP contribution in [0.15, 0.2) is 30.7 Å². The summed E-state index contributed by atoms with van der Waals surface area (Å²) in [6.07, 6.45) is 4.62. The molecule has 111 valence electrons. The van der Waals surface area contributed by atoms with Gasteiger partial charge in [-0.05, 0) is 0 Å². The van der Waals surface area contributed by atoms with Gasteiger partial charge in [0, 0.05) is 64.4 Å². The van der Waals surface area contributed by atoms with Crippen LogP contribution in [0.25, 0.3) is 0 Å². The van der Waals surface area contributed by atoms with Crippen molar-refractivity contribution in [3.8, 4) is 11.6 Å². The number of aliphatic carboxylic acids is 1. The molecule has 0 aliphatic carbocycles. The number of rotatable bonds is 2. The fraction of sp³-hybridized carbons (Fsp3) is 0.154. The van der Waals surface area contributed by atoms with Gasteiger partial charge in [0.15, 0.2) is 0 Å². The van der Waals surface area contributed by atoms with E-state index < -0.39 is 13.1 Å². The normalized spacial score (nSPS) is 11.6. The van der Waals surface area contributed by atoms with Crippen molar-refractivity contribution >= 4 is 18.6 Å². The number of hydrogen-bond donors (Lipinski definition) is 2. The Morgan fingerprint density at radius 3 is 2.82 bits per heavy atom. The third-order valence-corrected chi connectivity index (χ3v) is 2.44. The zero-order chi connectivity index (χ0) is 15.2. The number of aromatic nitrogens is 2. The number of carbonyl (C=O) groups is 1. The summed E-state index contributed by atoms with van der Waals surface area (Å²) in [5.41, 5.74) is 1.54. The third kappa shape index (κ3) is 5.46. The van der Waals surface area contributed by atoms with E-state index in [2.05, 4.69) is 16.0 Å². The summed E-state index contributed by atoms with van der Waals surface area (Å²) in [4.78, 5) is 16.9. The second kappa shape index (κ2) is 8.95. The number of hydrogen-bond acceptors (Lipinski definition) is 6. The molecule has 22 heavy (non-hydrogen) atoms. The Labute approximate surface area is 152 Å². The molecule has 7 nitrogen and oxygen atoms in total. The van der Waals surface area contributed by atoms with Crippen LogP contribution >= 0.6 is 0 Å². The van der Waals surface area contributed by atoms with Crippen LogP contribution in [0.3, 0.4) is 0 Å². The van der Waals surface area contributed by atoms with Gasteiger partial charge in [0.2, 0.25) is 5.88 Å². The minimum absolute atomic E-state index is 0. The van der Waals surface area contributed by atoms with E-state index >= 15 is 0 Å². The van der Waals surface area contributed by atoms with Crippen molar-refractivity contribution in [3.63, 3.8) is 0 Å². The smallest absolute Gasteiger partial charge is 0.464 e. The molecule has 1 aliphatic rings. The van der Waals surface area contributed by atoms with Crippen molar-refractivity contribution in [1.29, 1.82) is 0 Å². The Kier molecular flexibility index (Phi) is 7.61. The van der Waals surface area contributed by atoms with Gasteiger partial charge in [-0.15, -0.1) is 23.2 Å². The molecule has 0 bridgehead atoms. The number of ether oxygens (including phenoxy) is 1. The Balaban J connectivity index is 0.000000436. The summed E-state index contributed by atoms with van der Waals surface area (Å²) in [6, 6.07) is 6.56. The number of fused-ring (bicyclic) bond motifs is 1. The van der Waals surface area contributed by atoms with Gasteiger partial charge in [0.25, 0.3) is 5.97 Å². The minimum atomic E-state index is -0.921. The largest absolute Gasteiger partial charge is 0.481 e. The summed E-state index contributed by atoms with van der Waals surface area (Å²) >= 11 is 0. The van der Waals surface area contributed by atoms with Gasteiger partial charge < -0.3 is 19.5 Å². The van der Waals surface area contributed by atoms with Crippen molar-refractivity contribution in [2.24, 2.45) is 0 Å². The van der Waals surface area contributed by atoms with Crippen LogP contribution in [0.4, 0.5) is 0 Å². The predicted octanol–water partition coefficient (Wildman–Crippen LogP) is 0.375. The van der Waals surface area contributed by atoms with E-state index in [1.165, 1.54) is 6.20 Å². The van der Waals surface area contributed by atoms with E-state index in [0.29, 0.717) is 23.7 Å². The summed E-state index contributed by atoms with van der Waals surface area (Å²) in [6.45, 7) is 1.48. The molecule has 3 rings (SSSR count). The average Bonchev–Trinajstić information content (AvgIpc) is 2.81. The molecule has 1 aromatic heterocycles. The van der Waals surface area contributed by atoms with Gasteiger partial charge in [0.1, 0.15) is 0 Å². The van der Waals surface area contributed by atoms with Gasteiger partial charge in [-0.25, -0.2) is 4.98 Å². The van der Waals surface area contributed by atoms with Crippen LogP contribution in [0.2, 0.25) is 0 Å². The molecule has 1 radical (unpaired) electrons. The second-order valence-corrected chi connectivity index (χ2v) is 4.09. The number of carboxylic acid groups (broad SMARTS) is 1. The van der Waals surface area contributed by atoms with Gasteiger partial charge in [0.05, 0.1) is 6.20 Å². The molecule has 0 spiro atoms. The fourth-order valence-corrected chi connectivity index (χ4v) is 1.63. The van der Waals surface area contributed by atoms with Crippen molar-refractivity contribution in [1.82, 2.24) is 9.97 Å². The van der Waals surface area contributed by atoms with E-state index in [4.69, 9.17) is 19.3 Å². The monoisotopic (exact) mass is 376 g/mol. The van der Waals surface area contributed by atoms with E-state index in [1.807, 2.05) is 6.07 Å². The van der Waals surface area contributed by atoms with E-state index in [-0.39, 0.29) is 32.7 Å². The van der Waals surface area contributed by atoms with Crippen molar-refractivity contribution in [3.05, 3.63) is 42.4 Å². The Morgan fingerprint density at radius 1 is 1.45 bits per heavy atom. The first kappa shape index (κ1) is 18.7. The molecular weight excluding hydrogens is 364 g/mol. The first-order valence-electron chi connectivity index (χ1n) is 6.04. The second-order valence-electron chi connectivity index (χ2n) is 4.09. The molecule has 1 aromatic carbocycles. The molecule has 9 heteroatoms. The first-order chi connectivity index (χ1) is 10.1. The van der Waals surface area contributed by atoms with Crippen LogP contribution in [0.5, 0.6) is 11.6 Å². The topological polar surface area (TPSA) is 102 Å². The maximum atomic E-state index is 9.53. The van der Waals surface area contributed by atoms with E-state index in [9.17, 15) is 5.02 Å². The summed E-state index contributed by atoms with van der Waals surface area (Å²) < 4.78 is 10.5. The summed E-state index contributed by atoms with van der Waals surface area (Å²) in [5.74, 6) is 0.0332. The SMILES string of the molecule is CC(=O)O.OB1OCc2ccc(Oc3cnccn3)[c-]c21.[Y]. The van der Waals surface area contributed by atoms with Gasteiger partial charge >= 0.3 is 7.12 Å². The number of carboxylic acids is 1. The Bertz CT molecular complexity index is 625. The number of nitrogens with zero attached hydrogens (tertiary/aromatic N) is 2. The van der Waals surface area contributed by atoms with Crippen molar-refractivity contribution < 1.29 is 57.0 Å².